The molecule has 0 N–H and O–H groups in total. The van der Waals surface area contributed by atoms with E-state index in [9.17, 15) is 8.42 Å². The number of hydrogen-bond donors (Lipinski definition) is 0. The SMILES string of the molecule is CCCCCCN1[C@@H](CCC)CCS1(=O)=O. The summed E-state index contributed by atoms with van der Waals surface area (Å²) in [6.07, 6.45) is 7.52. The molecule has 1 aliphatic rings. The zero-order chi connectivity index (χ0) is 12.0. The van der Waals surface area contributed by atoms with Gasteiger partial charge in [0.15, 0.2) is 0 Å². The molecule has 0 aliphatic carbocycles. The Balaban J connectivity index is 2.44. The van der Waals surface area contributed by atoms with E-state index in [0.29, 0.717) is 5.75 Å². The van der Waals surface area contributed by atoms with E-state index in [4.69, 9.17) is 0 Å². The molecule has 1 heterocycles. The van der Waals surface area contributed by atoms with E-state index in [2.05, 4.69) is 13.8 Å². The minimum Gasteiger partial charge on any atom is -0.212 e. The Morgan fingerprint density at radius 3 is 2.50 bits per heavy atom. The molecule has 1 fully saturated rings. The Kier molecular flexibility index (Phi) is 5.76. The van der Waals surface area contributed by atoms with Crippen LogP contribution in [0.25, 0.3) is 0 Å². The molecule has 0 spiro atoms. The molecule has 0 saturated carbocycles. The first-order valence-electron chi connectivity index (χ1n) is 6.61. The first-order chi connectivity index (χ1) is 7.61. The maximum absolute atomic E-state index is 11.8. The second-order valence-electron chi connectivity index (χ2n) is 4.72. The summed E-state index contributed by atoms with van der Waals surface area (Å²) in [5.41, 5.74) is 0. The van der Waals surface area contributed by atoms with Crippen LogP contribution in [-0.2, 0) is 10.0 Å². The molecular weight excluding hydrogens is 222 g/mol. The predicted octanol–water partition coefficient (Wildman–Crippen LogP) is 2.77. The van der Waals surface area contributed by atoms with E-state index < -0.39 is 10.0 Å². The second-order valence-corrected chi connectivity index (χ2v) is 6.76. The fraction of sp³-hybridized carbons (Fsp3) is 1.00. The summed E-state index contributed by atoms with van der Waals surface area (Å²) in [7, 11) is -2.91. The van der Waals surface area contributed by atoms with Crippen LogP contribution < -0.4 is 0 Å². The van der Waals surface area contributed by atoms with Crippen molar-refractivity contribution >= 4 is 10.0 Å². The lowest BCUT2D eigenvalue weighted by Crippen LogP contribution is -2.34. The van der Waals surface area contributed by atoms with Crippen molar-refractivity contribution in [2.45, 2.75) is 64.8 Å². The summed E-state index contributed by atoms with van der Waals surface area (Å²) in [5.74, 6) is 0.367. The van der Waals surface area contributed by atoms with Crippen molar-refractivity contribution in [3.05, 3.63) is 0 Å². The zero-order valence-electron chi connectivity index (χ0n) is 10.6. The monoisotopic (exact) mass is 247 g/mol. The lowest BCUT2D eigenvalue weighted by atomic mass is 10.1. The lowest BCUT2D eigenvalue weighted by Gasteiger charge is -2.22. The molecule has 0 radical (unpaired) electrons. The largest absolute Gasteiger partial charge is 0.214 e. The first-order valence-corrected chi connectivity index (χ1v) is 8.22. The van der Waals surface area contributed by atoms with Gasteiger partial charge in [-0.2, -0.15) is 4.31 Å². The molecule has 1 rings (SSSR count). The van der Waals surface area contributed by atoms with E-state index in [1.807, 2.05) is 0 Å². The van der Waals surface area contributed by atoms with E-state index in [1.54, 1.807) is 4.31 Å². The summed E-state index contributed by atoms with van der Waals surface area (Å²) in [5, 5.41) is 0. The van der Waals surface area contributed by atoms with Crippen molar-refractivity contribution in [3.8, 4) is 0 Å². The Labute approximate surface area is 100 Å². The molecule has 1 atom stereocenters. The van der Waals surface area contributed by atoms with Gasteiger partial charge in [0.2, 0.25) is 10.0 Å². The van der Waals surface area contributed by atoms with E-state index in [-0.39, 0.29) is 6.04 Å². The second kappa shape index (κ2) is 6.60. The highest BCUT2D eigenvalue weighted by Crippen LogP contribution is 2.25. The Morgan fingerprint density at radius 2 is 1.88 bits per heavy atom. The van der Waals surface area contributed by atoms with Gasteiger partial charge < -0.3 is 0 Å². The molecule has 96 valence electrons. The molecule has 0 bridgehead atoms. The van der Waals surface area contributed by atoms with Crippen LogP contribution in [0.2, 0.25) is 0 Å². The maximum atomic E-state index is 11.8. The molecule has 4 heteroatoms. The van der Waals surface area contributed by atoms with Gasteiger partial charge in [-0.1, -0.05) is 39.5 Å². The molecule has 0 aromatic heterocycles. The van der Waals surface area contributed by atoms with Gasteiger partial charge in [0.05, 0.1) is 5.75 Å². The molecule has 0 amide bonds. The third-order valence-corrected chi connectivity index (χ3v) is 5.27. The average molecular weight is 247 g/mol. The molecular formula is C12H25NO2S. The Hall–Kier alpha value is -0.0900. The minimum atomic E-state index is -2.91. The van der Waals surface area contributed by atoms with Crippen molar-refractivity contribution in [2.75, 3.05) is 12.3 Å². The summed E-state index contributed by atoms with van der Waals surface area (Å²) >= 11 is 0. The van der Waals surface area contributed by atoms with Gasteiger partial charge in [-0.15, -0.1) is 0 Å². The van der Waals surface area contributed by atoms with Gasteiger partial charge in [0.25, 0.3) is 0 Å². The summed E-state index contributed by atoms with van der Waals surface area (Å²) in [6.45, 7) is 5.04. The van der Waals surface area contributed by atoms with Crippen LogP contribution in [0.5, 0.6) is 0 Å². The van der Waals surface area contributed by atoms with Crippen molar-refractivity contribution in [1.29, 1.82) is 0 Å². The van der Waals surface area contributed by atoms with Gasteiger partial charge in [-0.05, 0) is 19.3 Å². The first kappa shape index (κ1) is 14.0. The molecule has 0 unspecified atom stereocenters. The topological polar surface area (TPSA) is 37.4 Å². The van der Waals surface area contributed by atoms with Gasteiger partial charge >= 0.3 is 0 Å². The fourth-order valence-electron chi connectivity index (χ4n) is 2.41. The fourth-order valence-corrected chi connectivity index (χ4v) is 4.29. The van der Waals surface area contributed by atoms with E-state index in [0.717, 1.165) is 38.6 Å². The highest BCUT2D eigenvalue weighted by atomic mass is 32.2. The summed E-state index contributed by atoms with van der Waals surface area (Å²) in [6, 6.07) is 0.289. The molecule has 0 aromatic rings. The van der Waals surface area contributed by atoms with Crippen molar-refractivity contribution in [2.24, 2.45) is 0 Å². The highest BCUT2D eigenvalue weighted by Gasteiger charge is 2.35. The predicted molar refractivity (Wildman–Crippen MR) is 67.9 cm³/mol. The van der Waals surface area contributed by atoms with E-state index >= 15 is 0 Å². The standard InChI is InChI=1S/C12H25NO2S/c1-3-5-6-7-10-13-12(8-4-2)9-11-16(13,14)15/h12H,3-11H2,1-2H3/t12-/m0/s1. The van der Waals surface area contributed by atoms with Crippen LogP contribution in [0.15, 0.2) is 0 Å². The van der Waals surface area contributed by atoms with Crippen LogP contribution >= 0.6 is 0 Å². The molecule has 1 aliphatic heterocycles. The van der Waals surface area contributed by atoms with Crippen molar-refractivity contribution in [1.82, 2.24) is 4.31 Å². The van der Waals surface area contributed by atoms with Gasteiger partial charge in [-0.3, -0.25) is 0 Å². The van der Waals surface area contributed by atoms with Crippen LogP contribution in [0.3, 0.4) is 0 Å². The third-order valence-electron chi connectivity index (χ3n) is 3.33. The number of hydrogen-bond acceptors (Lipinski definition) is 2. The number of sulfonamides is 1. The average Bonchev–Trinajstić information content (AvgIpc) is 2.51. The highest BCUT2D eigenvalue weighted by molar-refractivity contribution is 7.89. The molecule has 0 aromatic carbocycles. The van der Waals surface area contributed by atoms with Crippen molar-refractivity contribution < 1.29 is 8.42 Å². The van der Waals surface area contributed by atoms with Crippen molar-refractivity contribution in [3.63, 3.8) is 0 Å². The number of unbranched alkanes of at least 4 members (excludes halogenated alkanes) is 3. The zero-order valence-corrected chi connectivity index (χ0v) is 11.4. The number of nitrogens with zero attached hydrogens (tertiary/aromatic N) is 1. The van der Waals surface area contributed by atoms with Crippen LogP contribution in [0, 0.1) is 0 Å². The Bertz CT molecular complexity index is 287. The van der Waals surface area contributed by atoms with E-state index in [1.165, 1.54) is 12.8 Å². The van der Waals surface area contributed by atoms with Gasteiger partial charge in [0, 0.05) is 12.6 Å². The minimum absolute atomic E-state index is 0.289. The Morgan fingerprint density at radius 1 is 1.12 bits per heavy atom. The molecule has 1 saturated heterocycles. The van der Waals surface area contributed by atoms with Crippen LogP contribution in [0.1, 0.15) is 58.8 Å². The third kappa shape index (κ3) is 3.74. The maximum Gasteiger partial charge on any atom is 0.214 e. The lowest BCUT2D eigenvalue weighted by molar-refractivity contribution is 0.317. The van der Waals surface area contributed by atoms with Gasteiger partial charge in [-0.25, -0.2) is 8.42 Å². The summed E-state index contributed by atoms with van der Waals surface area (Å²) in [4.78, 5) is 0. The van der Waals surface area contributed by atoms with Crippen LogP contribution in [0.4, 0.5) is 0 Å². The quantitative estimate of drug-likeness (QED) is 0.649. The van der Waals surface area contributed by atoms with Gasteiger partial charge in [0.1, 0.15) is 0 Å². The number of rotatable bonds is 7. The molecule has 3 nitrogen and oxygen atoms in total. The smallest absolute Gasteiger partial charge is 0.212 e. The molecule has 16 heavy (non-hydrogen) atoms. The summed E-state index contributed by atoms with van der Waals surface area (Å²) < 4.78 is 25.4. The normalized spacial score (nSPS) is 25.0. The van der Waals surface area contributed by atoms with Crippen LogP contribution in [-0.4, -0.2) is 31.1 Å².